The van der Waals surface area contributed by atoms with Gasteiger partial charge in [0.2, 0.25) is 10.0 Å². The normalized spacial score (nSPS) is 11.4. The number of primary sulfonamides is 1. The molecule has 82 valence electrons. The zero-order chi connectivity index (χ0) is 11.8. The number of benzene rings is 1. The van der Waals surface area contributed by atoms with Crippen molar-refractivity contribution in [3.8, 4) is 0 Å². The van der Waals surface area contributed by atoms with E-state index in [-0.39, 0.29) is 0 Å². The third-order valence-corrected chi connectivity index (χ3v) is 2.46. The van der Waals surface area contributed by atoms with Crippen LogP contribution in [0.25, 0.3) is 0 Å². The average molecular weight is 237 g/mol. The van der Waals surface area contributed by atoms with E-state index in [1.165, 1.54) is 0 Å². The lowest BCUT2D eigenvalue weighted by Crippen LogP contribution is -2.16. The van der Waals surface area contributed by atoms with Crippen LogP contribution in [0.4, 0.5) is 8.78 Å². The van der Waals surface area contributed by atoms with Crippen molar-refractivity contribution < 1.29 is 27.1 Å². The number of carboxylic acids is 1. The molecule has 1 aromatic carbocycles. The monoisotopic (exact) mass is 237 g/mol. The van der Waals surface area contributed by atoms with Gasteiger partial charge in [0.1, 0.15) is 4.90 Å². The Morgan fingerprint density at radius 1 is 1.33 bits per heavy atom. The van der Waals surface area contributed by atoms with Gasteiger partial charge in [0, 0.05) is 0 Å². The van der Waals surface area contributed by atoms with Crippen molar-refractivity contribution in [2.24, 2.45) is 5.14 Å². The first-order chi connectivity index (χ1) is 6.73. The van der Waals surface area contributed by atoms with Crippen LogP contribution in [0, 0.1) is 11.6 Å². The first-order valence-electron chi connectivity index (χ1n) is 3.48. The van der Waals surface area contributed by atoms with E-state index in [9.17, 15) is 22.0 Å². The molecular formula is C7H5F2NO4S. The fourth-order valence-electron chi connectivity index (χ4n) is 0.894. The van der Waals surface area contributed by atoms with Crippen LogP contribution >= 0.6 is 0 Å². The molecule has 0 bridgehead atoms. The summed E-state index contributed by atoms with van der Waals surface area (Å²) in [5.41, 5.74) is -0.696. The highest BCUT2D eigenvalue weighted by Gasteiger charge is 2.21. The summed E-state index contributed by atoms with van der Waals surface area (Å²) in [6, 6.07) is 0.822. The van der Waals surface area contributed by atoms with Crippen LogP contribution in [-0.4, -0.2) is 19.5 Å². The molecule has 0 saturated heterocycles. The van der Waals surface area contributed by atoms with Gasteiger partial charge in [-0.05, 0) is 12.1 Å². The lowest BCUT2D eigenvalue weighted by molar-refractivity contribution is 0.0696. The second-order valence-electron chi connectivity index (χ2n) is 2.62. The van der Waals surface area contributed by atoms with Crippen LogP contribution in [0.2, 0.25) is 0 Å². The van der Waals surface area contributed by atoms with Gasteiger partial charge in [-0.15, -0.1) is 0 Å². The van der Waals surface area contributed by atoms with E-state index in [1.54, 1.807) is 0 Å². The summed E-state index contributed by atoms with van der Waals surface area (Å²) < 4.78 is 47.2. The Bertz CT molecular complexity index is 526. The average Bonchev–Trinajstić information content (AvgIpc) is 2.06. The maximum atomic E-state index is 12.9. The topological polar surface area (TPSA) is 97.5 Å². The fraction of sp³-hybridized carbons (Fsp3) is 0. The SMILES string of the molecule is NS(=O)(=O)c1cc(C(=O)O)cc(F)c1F. The lowest BCUT2D eigenvalue weighted by Gasteiger charge is -2.03. The molecule has 0 aliphatic heterocycles. The summed E-state index contributed by atoms with van der Waals surface area (Å²) in [7, 11) is -4.49. The minimum Gasteiger partial charge on any atom is -0.478 e. The van der Waals surface area contributed by atoms with Crippen molar-refractivity contribution in [2.45, 2.75) is 4.90 Å². The second-order valence-corrected chi connectivity index (χ2v) is 4.15. The molecule has 5 nitrogen and oxygen atoms in total. The van der Waals surface area contributed by atoms with Gasteiger partial charge in [0.05, 0.1) is 5.56 Å². The highest BCUT2D eigenvalue weighted by atomic mass is 32.2. The van der Waals surface area contributed by atoms with Crippen molar-refractivity contribution in [3.05, 3.63) is 29.3 Å². The van der Waals surface area contributed by atoms with E-state index in [2.05, 4.69) is 5.14 Å². The molecule has 0 unspecified atom stereocenters. The summed E-state index contributed by atoms with van der Waals surface area (Å²) in [6.45, 7) is 0. The molecule has 0 aliphatic carbocycles. The van der Waals surface area contributed by atoms with Gasteiger partial charge in [-0.1, -0.05) is 0 Å². The van der Waals surface area contributed by atoms with Crippen LogP contribution in [0.5, 0.6) is 0 Å². The minimum atomic E-state index is -4.49. The lowest BCUT2D eigenvalue weighted by atomic mass is 10.2. The second kappa shape index (κ2) is 3.55. The van der Waals surface area contributed by atoms with Gasteiger partial charge in [-0.2, -0.15) is 0 Å². The van der Waals surface area contributed by atoms with Gasteiger partial charge in [0.25, 0.3) is 0 Å². The van der Waals surface area contributed by atoms with Crippen LogP contribution < -0.4 is 5.14 Å². The molecule has 0 saturated carbocycles. The molecule has 0 atom stereocenters. The third kappa shape index (κ3) is 2.28. The number of aromatic carboxylic acids is 1. The van der Waals surface area contributed by atoms with Crippen LogP contribution in [0.15, 0.2) is 17.0 Å². The molecule has 1 rings (SSSR count). The standard InChI is InChI=1S/C7H5F2NO4S/c8-4-1-3(7(11)12)2-5(6(4)9)15(10,13)14/h1-2H,(H,11,12)(H2,10,13,14). The summed E-state index contributed by atoms with van der Waals surface area (Å²) in [6.07, 6.45) is 0. The molecule has 3 N–H and O–H groups in total. The molecule has 0 radical (unpaired) electrons. The Morgan fingerprint density at radius 2 is 1.87 bits per heavy atom. The molecule has 0 aromatic heterocycles. The summed E-state index contributed by atoms with van der Waals surface area (Å²) in [5, 5.41) is 13.0. The zero-order valence-electron chi connectivity index (χ0n) is 7.07. The van der Waals surface area contributed by atoms with E-state index in [0.29, 0.717) is 12.1 Å². The highest BCUT2D eigenvalue weighted by molar-refractivity contribution is 7.89. The molecule has 0 amide bonds. The van der Waals surface area contributed by atoms with E-state index in [1.807, 2.05) is 0 Å². The Morgan fingerprint density at radius 3 is 2.27 bits per heavy atom. The van der Waals surface area contributed by atoms with Gasteiger partial charge in [-0.25, -0.2) is 27.1 Å². The Balaban J connectivity index is 3.59. The van der Waals surface area contributed by atoms with E-state index < -0.39 is 38.1 Å². The molecule has 8 heteroatoms. The van der Waals surface area contributed by atoms with Crippen molar-refractivity contribution in [1.82, 2.24) is 0 Å². The van der Waals surface area contributed by atoms with Gasteiger partial charge >= 0.3 is 5.97 Å². The summed E-state index contributed by atoms with van der Waals surface area (Å²) in [4.78, 5) is 9.24. The number of halogens is 2. The van der Waals surface area contributed by atoms with Crippen LogP contribution in [0.3, 0.4) is 0 Å². The van der Waals surface area contributed by atoms with Crippen molar-refractivity contribution in [3.63, 3.8) is 0 Å². The van der Waals surface area contributed by atoms with E-state index in [4.69, 9.17) is 5.11 Å². The largest absolute Gasteiger partial charge is 0.478 e. The molecule has 0 aliphatic rings. The van der Waals surface area contributed by atoms with Crippen molar-refractivity contribution >= 4 is 16.0 Å². The number of hydrogen-bond acceptors (Lipinski definition) is 3. The summed E-state index contributed by atoms with van der Waals surface area (Å²) >= 11 is 0. The molecule has 1 aromatic rings. The number of carboxylic acid groups (broad SMARTS) is 1. The maximum absolute atomic E-state index is 12.9. The number of sulfonamides is 1. The quantitative estimate of drug-likeness (QED) is 0.773. The Hall–Kier alpha value is -1.54. The number of hydrogen-bond donors (Lipinski definition) is 2. The van der Waals surface area contributed by atoms with Gasteiger partial charge in [-0.3, -0.25) is 0 Å². The summed E-state index contributed by atoms with van der Waals surface area (Å²) in [5.74, 6) is -4.86. The van der Waals surface area contributed by atoms with E-state index in [0.717, 1.165) is 0 Å². The number of rotatable bonds is 2. The highest BCUT2D eigenvalue weighted by Crippen LogP contribution is 2.18. The first kappa shape index (κ1) is 11.5. The van der Waals surface area contributed by atoms with E-state index >= 15 is 0 Å². The molecular weight excluding hydrogens is 232 g/mol. The predicted octanol–water partition coefficient (Wildman–Crippen LogP) is 0.310. The molecule has 0 heterocycles. The third-order valence-electron chi connectivity index (χ3n) is 1.55. The minimum absolute atomic E-state index is 0.367. The maximum Gasteiger partial charge on any atom is 0.335 e. The first-order valence-corrected chi connectivity index (χ1v) is 5.03. The van der Waals surface area contributed by atoms with Crippen molar-refractivity contribution in [1.29, 1.82) is 0 Å². The number of carbonyl (C=O) groups is 1. The van der Waals surface area contributed by atoms with Crippen molar-refractivity contribution in [2.75, 3.05) is 0 Å². The van der Waals surface area contributed by atoms with Crippen LogP contribution in [0.1, 0.15) is 10.4 Å². The fourth-order valence-corrected chi connectivity index (χ4v) is 1.53. The van der Waals surface area contributed by atoms with Gasteiger partial charge < -0.3 is 5.11 Å². The van der Waals surface area contributed by atoms with Gasteiger partial charge in [0.15, 0.2) is 11.6 Å². The predicted molar refractivity (Wildman–Crippen MR) is 44.7 cm³/mol. The Labute approximate surface area is 83.2 Å². The molecule has 15 heavy (non-hydrogen) atoms. The molecule has 0 fully saturated rings. The smallest absolute Gasteiger partial charge is 0.335 e. The van der Waals surface area contributed by atoms with Crippen LogP contribution in [-0.2, 0) is 10.0 Å². The number of nitrogens with two attached hydrogens (primary N) is 1. The zero-order valence-corrected chi connectivity index (χ0v) is 7.88. The molecule has 0 spiro atoms. The Kier molecular flexibility index (Phi) is 2.73.